The summed E-state index contributed by atoms with van der Waals surface area (Å²) < 4.78 is 5.80. The number of hydrogen-bond donors (Lipinski definition) is 2. The van der Waals surface area contributed by atoms with Crippen molar-refractivity contribution in [2.45, 2.75) is 43.4 Å². The summed E-state index contributed by atoms with van der Waals surface area (Å²) in [6.07, 6.45) is 6.59. The van der Waals surface area contributed by atoms with Crippen molar-refractivity contribution in [2.24, 2.45) is 4.99 Å². The molecule has 150 valence electrons. The summed E-state index contributed by atoms with van der Waals surface area (Å²) >= 11 is 1.95. The first kappa shape index (κ1) is 20.3. The van der Waals surface area contributed by atoms with Crippen LogP contribution in [0.15, 0.2) is 23.2 Å². The number of rotatable bonds is 5. The predicted octanol–water partition coefficient (Wildman–Crippen LogP) is 2.44. The summed E-state index contributed by atoms with van der Waals surface area (Å²) in [5.41, 5.74) is 1.08. The van der Waals surface area contributed by atoms with Crippen LogP contribution in [-0.2, 0) is 4.74 Å². The van der Waals surface area contributed by atoms with Crippen LogP contribution in [0.1, 0.15) is 31.4 Å². The molecular formula is C20H33N5OS. The van der Waals surface area contributed by atoms with E-state index >= 15 is 0 Å². The molecule has 3 heterocycles. The summed E-state index contributed by atoms with van der Waals surface area (Å²) in [5.74, 6) is 2.01. The Morgan fingerprint density at radius 3 is 2.70 bits per heavy atom. The van der Waals surface area contributed by atoms with Gasteiger partial charge in [0.25, 0.3) is 0 Å². The normalized spacial score (nSPS) is 21.1. The van der Waals surface area contributed by atoms with E-state index in [1.165, 1.54) is 0 Å². The number of pyridine rings is 1. The van der Waals surface area contributed by atoms with E-state index in [1.807, 2.05) is 31.8 Å². The zero-order valence-corrected chi connectivity index (χ0v) is 17.6. The largest absolute Gasteiger partial charge is 0.381 e. The highest BCUT2D eigenvalue weighted by Crippen LogP contribution is 2.33. The second-order valence-electron chi connectivity index (χ2n) is 7.47. The summed E-state index contributed by atoms with van der Waals surface area (Å²) in [4.78, 5) is 11.5. The molecule has 0 amide bonds. The van der Waals surface area contributed by atoms with Gasteiger partial charge >= 0.3 is 0 Å². The van der Waals surface area contributed by atoms with Crippen LogP contribution in [0.5, 0.6) is 0 Å². The van der Waals surface area contributed by atoms with E-state index in [4.69, 9.17) is 4.74 Å². The SMILES string of the molecule is CN=C(NCC1(SC)CCOCC1)NC1CCN(c2cccc(C)n2)CC1. The highest BCUT2D eigenvalue weighted by Gasteiger charge is 2.32. The van der Waals surface area contributed by atoms with Crippen LogP contribution in [0.25, 0.3) is 0 Å². The number of nitrogens with zero attached hydrogens (tertiary/aromatic N) is 3. The minimum atomic E-state index is 0.260. The summed E-state index contributed by atoms with van der Waals surface area (Å²) in [7, 11) is 1.86. The fourth-order valence-electron chi connectivity index (χ4n) is 3.79. The smallest absolute Gasteiger partial charge is 0.191 e. The lowest BCUT2D eigenvalue weighted by Crippen LogP contribution is -2.52. The van der Waals surface area contributed by atoms with Crippen molar-refractivity contribution in [1.82, 2.24) is 15.6 Å². The molecule has 0 aliphatic carbocycles. The number of aromatic nitrogens is 1. The van der Waals surface area contributed by atoms with E-state index in [-0.39, 0.29) is 4.75 Å². The van der Waals surface area contributed by atoms with Gasteiger partial charge in [0.15, 0.2) is 5.96 Å². The second-order valence-corrected chi connectivity index (χ2v) is 8.74. The number of hydrogen-bond acceptors (Lipinski definition) is 5. The number of aryl methyl sites for hydroxylation is 1. The van der Waals surface area contributed by atoms with Gasteiger partial charge in [0.2, 0.25) is 0 Å². The fourth-order valence-corrected chi connectivity index (χ4v) is 4.58. The number of piperidine rings is 1. The van der Waals surface area contributed by atoms with E-state index in [1.54, 1.807) is 0 Å². The molecule has 2 N–H and O–H groups in total. The van der Waals surface area contributed by atoms with Crippen LogP contribution < -0.4 is 15.5 Å². The zero-order valence-electron chi connectivity index (χ0n) is 16.8. The Morgan fingerprint density at radius 1 is 1.33 bits per heavy atom. The number of guanidine groups is 1. The molecule has 0 unspecified atom stereocenters. The highest BCUT2D eigenvalue weighted by molar-refractivity contribution is 8.00. The van der Waals surface area contributed by atoms with Gasteiger partial charge in [-0.2, -0.15) is 11.8 Å². The Balaban J connectivity index is 1.47. The maximum atomic E-state index is 5.54. The number of thioether (sulfide) groups is 1. The molecule has 1 aromatic rings. The van der Waals surface area contributed by atoms with Crippen LogP contribution in [-0.4, -0.2) is 67.9 Å². The number of ether oxygens (including phenoxy) is 1. The maximum Gasteiger partial charge on any atom is 0.191 e. The van der Waals surface area contributed by atoms with Crippen LogP contribution in [0, 0.1) is 6.92 Å². The topological polar surface area (TPSA) is 61.8 Å². The summed E-state index contributed by atoms with van der Waals surface area (Å²) in [5, 5.41) is 7.19. The number of anilines is 1. The van der Waals surface area contributed by atoms with Gasteiger partial charge in [-0.1, -0.05) is 6.07 Å². The van der Waals surface area contributed by atoms with Crippen molar-refractivity contribution in [3.05, 3.63) is 23.9 Å². The molecule has 2 aliphatic rings. The number of nitrogens with one attached hydrogen (secondary N) is 2. The van der Waals surface area contributed by atoms with Crippen LogP contribution in [0.2, 0.25) is 0 Å². The Hall–Kier alpha value is -1.47. The average Bonchev–Trinajstić information content (AvgIpc) is 2.72. The first-order valence-electron chi connectivity index (χ1n) is 9.93. The Kier molecular flexibility index (Phi) is 7.24. The molecule has 0 saturated carbocycles. The van der Waals surface area contributed by atoms with Gasteiger partial charge in [0.1, 0.15) is 5.82 Å². The highest BCUT2D eigenvalue weighted by atomic mass is 32.2. The van der Waals surface area contributed by atoms with Crippen LogP contribution in [0.4, 0.5) is 5.82 Å². The fraction of sp³-hybridized carbons (Fsp3) is 0.700. The molecule has 0 bridgehead atoms. The van der Waals surface area contributed by atoms with Crippen molar-refractivity contribution in [2.75, 3.05) is 51.1 Å². The van der Waals surface area contributed by atoms with Gasteiger partial charge in [0.05, 0.1) is 0 Å². The molecule has 27 heavy (non-hydrogen) atoms. The molecule has 2 fully saturated rings. The third kappa shape index (κ3) is 5.51. The number of aliphatic imine (C=N–C) groups is 1. The molecule has 2 saturated heterocycles. The Bertz CT molecular complexity index is 625. The van der Waals surface area contributed by atoms with E-state index in [9.17, 15) is 0 Å². The maximum absolute atomic E-state index is 5.54. The monoisotopic (exact) mass is 391 g/mol. The van der Waals surface area contributed by atoms with Gasteiger partial charge < -0.3 is 20.3 Å². The van der Waals surface area contributed by atoms with E-state index in [2.05, 4.69) is 43.9 Å². The first-order chi connectivity index (χ1) is 13.1. The molecule has 0 atom stereocenters. The van der Waals surface area contributed by atoms with Gasteiger partial charge in [-0.25, -0.2) is 4.98 Å². The molecule has 6 nitrogen and oxygen atoms in total. The molecular weight excluding hydrogens is 358 g/mol. The minimum absolute atomic E-state index is 0.260. The lowest BCUT2D eigenvalue weighted by atomic mass is 9.99. The Morgan fingerprint density at radius 2 is 2.07 bits per heavy atom. The molecule has 3 rings (SSSR count). The molecule has 2 aliphatic heterocycles. The van der Waals surface area contributed by atoms with Crippen LogP contribution >= 0.6 is 11.8 Å². The third-order valence-corrected chi connectivity index (χ3v) is 7.09. The molecule has 1 aromatic heterocycles. The standard InChI is InChI=1S/C20H33N5OS/c1-16-5-4-6-18(23-16)25-11-7-17(8-12-25)24-19(21-2)22-15-20(27-3)9-13-26-14-10-20/h4-6,17H,7-15H2,1-3H3,(H2,21,22,24). The van der Waals surface area contributed by atoms with Crippen molar-refractivity contribution < 1.29 is 4.74 Å². The van der Waals surface area contributed by atoms with Gasteiger partial charge in [-0.05, 0) is 51.0 Å². The predicted molar refractivity (Wildman–Crippen MR) is 115 cm³/mol. The lowest BCUT2D eigenvalue weighted by molar-refractivity contribution is 0.0782. The van der Waals surface area contributed by atoms with Gasteiger partial charge in [-0.15, -0.1) is 0 Å². The van der Waals surface area contributed by atoms with Crippen molar-refractivity contribution in [3.8, 4) is 0 Å². The Labute approximate surface area is 167 Å². The van der Waals surface area contributed by atoms with Gasteiger partial charge in [0, 0.05) is 56.4 Å². The summed E-state index contributed by atoms with van der Waals surface area (Å²) in [6.45, 7) is 6.75. The second kappa shape index (κ2) is 9.64. The lowest BCUT2D eigenvalue weighted by Gasteiger charge is -2.37. The van der Waals surface area contributed by atoms with Gasteiger partial charge in [-0.3, -0.25) is 4.99 Å². The van der Waals surface area contributed by atoms with E-state index in [0.717, 1.165) is 76.0 Å². The molecule has 0 radical (unpaired) electrons. The quantitative estimate of drug-likeness (QED) is 0.594. The molecule has 0 spiro atoms. The van der Waals surface area contributed by atoms with E-state index in [0.29, 0.717) is 6.04 Å². The van der Waals surface area contributed by atoms with Crippen LogP contribution in [0.3, 0.4) is 0 Å². The minimum Gasteiger partial charge on any atom is -0.381 e. The van der Waals surface area contributed by atoms with E-state index < -0.39 is 0 Å². The zero-order chi connectivity index (χ0) is 19.1. The van der Waals surface area contributed by atoms with Crippen molar-refractivity contribution in [3.63, 3.8) is 0 Å². The molecule has 7 heteroatoms. The average molecular weight is 392 g/mol. The third-order valence-electron chi connectivity index (χ3n) is 5.67. The van der Waals surface area contributed by atoms with Crippen molar-refractivity contribution in [1.29, 1.82) is 0 Å². The first-order valence-corrected chi connectivity index (χ1v) is 11.2. The van der Waals surface area contributed by atoms with Crippen molar-refractivity contribution >= 4 is 23.5 Å². The molecule has 0 aromatic carbocycles. The summed E-state index contributed by atoms with van der Waals surface area (Å²) in [6, 6.07) is 6.70.